The van der Waals surface area contributed by atoms with Gasteiger partial charge in [-0.3, -0.25) is 0 Å². The van der Waals surface area contributed by atoms with Gasteiger partial charge in [0.2, 0.25) is 0 Å². The number of pyridine rings is 1. The van der Waals surface area contributed by atoms with Crippen molar-refractivity contribution in [2.45, 2.75) is 6.54 Å². The number of nitrogens with two attached hydrogens (primary N) is 1. The molecule has 0 aliphatic rings. The number of nitriles is 1. The molecule has 1 aromatic heterocycles. The summed E-state index contributed by atoms with van der Waals surface area (Å²) in [7, 11) is 0. The molecule has 0 saturated heterocycles. The molecular formula is C13H10F2N4. The lowest BCUT2D eigenvalue weighted by Crippen LogP contribution is -2.05. The molecule has 0 spiro atoms. The first-order chi connectivity index (χ1) is 9.10. The molecule has 0 bridgehead atoms. The third kappa shape index (κ3) is 2.96. The summed E-state index contributed by atoms with van der Waals surface area (Å²) in [5.41, 5.74) is 6.94. The first-order valence-electron chi connectivity index (χ1n) is 5.43. The molecule has 0 unspecified atom stereocenters. The zero-order valence-corrected chi connectivity index (χ0v) is 9.82. The molecule has 0 saturated carbocycles. The van der Waals surface area contributed by atoms with Gasteiger partial charge in [0.25, 0.3) is 0 Å². The van der Waals surface area contributed by atoms with Gasteiger partial charge in [0, 0.05) is 12.7 Å². The fourth-order valence-corrected chi connectivity index (χ4v) is 1.53. The fraction of sp³-hybridized carbons (Fsp3) is 0.0769. The average Bonchev–Trinajstić information content (AvgIpc) is 2.41. The summed E-state index contributed by atoms with van der Waals surface area (Å²) in [4.78, 5) is 3.98. The van der Waals surface area contributed by atoms with Gasteiger partial charge in [-0.2, -0.15) is 5.26 Å². The second kappa shape index (κ2) is 5.31. The second-order valence-electron chi connectivity index (χ2n) is 3.88. The number of anilines is 2. The van der Waals surface area contributed by atoms with Crippen LogP contribution in [0.1, 0.15) is 11.1 Å². The number of nitrogen functional groups attached to an aromatic ring is 1. The van der Waals surface area contributed by atoms with Gasteiger partial charge in [0.1, 0.15) is 11.9 Å². The Labute approximate surface area is 108 Å². The van der Waals surface area contributed by atoms with E-state index in [9.17, 15) is 8.78 Å². The van der Waals surface area contributed by atoms with E-state index >= 15 is 0 Å². The predicted molar refractivity (Wildman–Crippen MR) is 67.0 cm³/mol. The molecular weight excluding hydrogens is 250 g/mol. The quantitative estimate of drug-likeness (QED) is 0.888. The third-order valence-electron chi connectivity index (χ3n) is 2.49. The van der Waals surface area contributed by atoms with Gasteiger partial charge in [-0.25, -0.2) is 13.8 Å². The zero-order chi connectivity index (χ0) is 13.8. The second-order valence-corrected chi connectivity index (χ2v) is 3.88. The number of halogens is 2. The van der Waals surface area contributed by atoms with Crippen molar-refractivity contribution in [1.82, 2.24) is 4.98 Å². The van der Waals surface area contributed by atoms with E-state index in [-0.39, 0.29) is 6.54 Å². The van der Waals surface area contributed by atoms with E-state index in [0.717, 1.165) is 12.1 Å². The van der Waals surface area contributed by atoms with Crippen LogP contribution in [0.3, 0.4) is 0 Å². The Morgan fingerprint density at radius 3 is 2.68 bits per heavy atom. The maximum Gasteiger partial charge on any atom is 0.159 e. The van der Waals surface area contributed by atoms with E-state index in [4.69, 9.17) is 11.0 Å². The summed E-state index contributed by atoms with van der Waals surface area (Å²) in [6.07, 6.45) is 1.38. The number of aromatic nitrogens is 1. The number of hydrogen-bond acceptors (Lipinski definition) is 4. The van der Waals surface area contributed by atoms with E-state index in [0.29, 0.717) is 22.6 Å². The van der Waals surface area contributed by atoms with E-state index in [1.54, 1.807) is 0 Å². The van der Waals surface area contributed by atoms with E-state index < -0.39 is 11.6 Å². The Balaban J connectivity index is 2.10. The molecule has 1 aromatic carbocycles. The van der Waals surface area contributed by atoms with Gasteiger partial charge in [-0.1, -0.05) is 6.07 Å². The predicted octanol–water partition coefficient (Wildman–Crippen LogP) is 2.43. The number of rotatable bonds is 3. The van der Waals surface area contributed by atoms with Crippen molar-refractivity contribution < 1.29 is 8.78 Å². The van der Waals surface area contributed by atoms with Crippen LogP contribution in [0.25, 0.3) is 0 Å². The molecule has 0 radical (unpaired) electrons. The van der Waals surface area contributed by atoms with Gasteiger partial charge in [-0.05, 0) is 23.8 Å². The fourth-order valence-electron chi connectivity index (χ4n) is 1.53. The Morgan fingerprint density at radius 1 is 1.26 bits per heavy atom. The summed E-state index contributed by atoms with van der Waals surface area (Å²) in [6.45, 7) is 0.250. The van der Waals surface area contributed by atoms with Crippen molar-refractivity contribution >= 4 is 11.5 Å². The average molecular weight is 260 g/mol. The minimum atomic E-state index is -0.903. The van der Waals surface area contributed by atoms with Crippen LogP contribution in [-0.2, 0) is 6.54 Å². The maximum atomic E-state index is 13.0. The number of nitrogens with one attached hydrogen (secondary N) is 1. The van der Waals surface area contributed by atoms with Crippen molar-refractivity contribution in [3.8, 4) is 6.07 Å². The summed E-state index contributed by atoms with van der Waals surface area (Å²) < 4.78 is 25.8. The highest BCUT2D eigenvalue weighted by molar-refractivity contribution is 5.63. The van der Waals surface area contributed by atoms with E-state index in [1.165, 1.54) is 18.3 Å². The van der Waals surface area contributed by atoms with Crippen molar-refractivity contribution in [3.63, 3.8) is 0 Å². The monoisotopic (exact) mass is 260 g/mol. The van der Waals surface area contributed by atoms with Crippen LogP contribution in [0, 0.1) is 23.0 Å². The molecule has 1 heterocycles. The normalized spacial score (nSPS) is 9.95. The van der Waals surface area contributed by atoms with Crippen LogP contribution in [-0.4, -0.2) is 4.98 Å². The first-order valence-corrected chi connectivity index (χ1v) is 5.43. The summed E-state index contributed by atoms with van der Waals surface area (Å²) >= 11 is 0. The molecule has 0 aliphatic carbocycles. The van der Waals surface area contributed by atoms with Crippen molar-refractivity contribution in [3.05, 3.63) is 53.2 Å². The molecule has 2 rings (SSSR count). The number of benzene rings is 1. The summed E-state index contributed by atoms with van der Waals surface area (Å²) in [5, 5.41) is 11.6. The minimum absolute atomic E-state index is 0.250. The highest BCUT2D eigenvalue weighted by Gasteiger charge is 2.05. The SMILES string of the molecule is N#Cc1cnc(NCc2ccc(F)c(F)c2)c(N)c1. The molecule has 2 aromatic rings. The van der Waals surface area contributed by atoms with E-state index in [1.807, 2.05) is 6.07 Å². The van der Waals surface area contributed by atoms with Gasteiger partial charge < -0.3 is 11.1 Å². The molecule has 0 amide bonds. The number of hydrogen-bond donors (Lipinski definition) is 2. The highest BCUT2D eigenvalue weighted by Crippen LogP contribution is 2.17. The molecule has 3 N–H and O–H groups in total. The molecule has 0 fully saturated rings. The molecule has 4 nitrogen and oxygen atoms in total. The Morgan fingerprint density at radius 2 is 2.05 bits per heavy atom. The van der Waals surface area contributed by atoms with E-state index in [2.05, 4.69) is 10.3 Å². The largest absolute Gasteiger partial charge is 0.396 e. The molecule has 0 aliphatic heterocycles. The molecule has 0 atom stereocenters. The zero-order valence-electron chi connectivity index (χ0n) is 9.82. The lowest BCUT2D eigenvalue weighted by Gasteiger charge is -2.08. The molecule has 96 valence electrons. The van der Waals surface area contributed by atoms with Gasteiger partial charge in [0.05, 0.1) is 11.3 Å². The lowest BCUT2D eigenvalue weighted by molar-refractivity contribution is 0.507. The van der Waals surface area contributed by atoms with Gasteiger partial charge in [0.15, 0.2) is 11.6 Å². The first kappa shape index (κ1) is 12.8. The summed E-state index contributed by atoms with van der Waals surface area (Å²) in [5.74, 6) is -1.40. The van der Waals surface area contributed by atoms with Gasteiger partial charge in [-0.15, -0.1) is 0 Å². The van der Waals surface area contributed by atoms with Crippen LogP contribution in [0.15, 0.2) is 30.5 Å². The Bertz CT molecular complexity index is 650. The van der Waals surface area contributed by atoms with Crippen molar-refractivity contribution in [1.29, 1.82) is 5.26 Å². The molecule has 19 heavy (non-hydrogen) atoms. The number of nitrogens with zero attached hydrogens (tertiary/aromatic N) is 2. The standard InChI is InChI=1S/C13H10F2N4/c14-10-2-1-8(3-11(10)15)6-18-13-12(17)4-9(5-16)7-19-13/h1-4,7H,6,17H2,(H,18,19). The summed E-state index contributed by atoms with van der Waals surface area (Å²) in [6, 6.07) is 7.03. The van der Waals surface area contributed by atoms with Crippen LogP contribution < -0.4 is 11.1 Å². The Kier molecular flexibility index (Phi) is 3.57. The lowest BCUT2D eigenvalue weighted by atomic mass is 10.2. The maximum absolute atomic E-state index is 13.0. The minimum Gasteiger partial charge on any atom is -0.396 e. The van der Waals surface area contributed by atoms with Crippen LogP contribution in [0.4, 0.5) is 20.3 Å². The van der Waals surface area contributed by atoms with Crippen LogP contribution >= 0.6 is 0 Å². The van der Waals surface area contributed by atoms with Crippen LogP contribution in [0.2, 0.25) is 0 Å². The van der Waals surface area contributed by atoms with Gasteiger partial charge >= 0.3 is 0 Å². The van der Waals surface area contributed by atoms with Crippen molar-refractivity contribution in [2.24, 2.45) is 0 Å². The smallest absolute Gasteiger partial charge is 0.159 e. The van der Waals surface area contributed by atoms with Crippen LogP contribution in [0.5, 0.6) is 0 Å². The topological polar surface area (TPSA) is 74.7 Å². The Hall–Kier alpha value is -2.68. The third-order valence-corrected chi connectivity index (χ3v) is 2.49. The highest BCUT2D eigenvalue weighted by atomic mass is 19.2. The molecule has 6 heteroatoms. The van der Waals surface area contributed by atoms with Crippen molar-refractivity contribution in [2.75, 3.05) is 11.1 Å².